The number of halogens is 1. The average molecular weight is 430 g/mol. The molecule has 0 aliphatic rings. The van der Waals surface area contributed by atoms with Crippen LogP contribution in [-0.4, -0.2) is 20.7 Å². The zero-order chi connectivity index (χ0) is 21.5. The van der Waals surface area contributed by atoms with E-state index in [9.17, 15) is 0 Å². The van der Waals surface area contributed by atoms with E-state index in [1.54, 1.807) is 0 Å². The summed E-state index contributed by atoms with van der Waals surface area (Å²) < 4.78 is 0. The Labute approximate surface area is 185 Å². The largest absolute Gasteiger partial charge is 0.324 e. The summed E-state index contributed by atoms with van der Waals surface area (Å²) in [6.07, 6.45) is 0. The van der Waals surface area contributed by atoms with Gasteiger partial charge < -0.3 is 10.6 Å². The Bertz CT molecular complexity index is 1100. The molecule has 0 aliphatic heterocycles. The van der Waals surface area contributed by atoms with Crippen LogP contribution in [0.2, 0.25) is 5.02 Å². The third kappa shape index (κ3) is 5.77. The van der Waals surface area contributed by atoms with Gasteiger partial charge in [-0.15, -0.1) is 0 Å². The molecule has 0 unspecified atom stereocenters. The minimum atomic E-state index is 0.306. The van der Waals surface area contributed by atoms with Gasteiger partial charge in [0.05, 0.1) is 5.71 Å². The molecule has 4 aromatic rings. The first-order chi connectivity index (χ1) is 15.2. The molecular formula is C23H20ClN7. The van der Waals surface area contributed by atoms with Crippen molar-refractivity contribution in [1.29, 1.82) is 0 Å². The van der Waals surface area contributed by atoms with Crippen LogP contribution >= 0.6 is 11.6 Å². The van der Waals surface area contributed by atoms with Crippen molar-refractivity contribution in [3.05, 3.63) is 95.5 Å². The van der Waals surface area contributed by atoms with Crippen LogP contribution in [0.5, 0.6) is 0 Å². The standard InChI is InChI=1S/C23H20ClN7/c1-16(17-12-14-18(24)15-13-17)30-31-23-28-21(25-19-8-4-2-5-9-19)27-22(29-23)26-20-10-6-3-7-11-20/h2-15H,1H3,(H3,25,26,27,28,29,31). The van der Waals surface area contributed by atoms with Gasteiger partial charge >= 0.3 is 0 Å². The first kappa shape index (κ1) is 20.3. The number of benzene rings is 3. The monoisotopic (exact) mass is 429 g/mol. The summed E-state index contributed by atoms with van der Waals surface area (Å²) in [5, 5.41) is 11.5. The van der Waals surface area contributed by atoms with Gasteiger partial charge in [0.2, 0.25) is 17.8 Å². The summed E-state index contributed by atoms with van der Waals surface area (Å²) in [6.45, 7) is 1.89. The molecule has 4 rings (SSSR count). The second kappa shape index (κ2) is 9.69. The molecule has 0 bridgehead atoms. The minimum absolute atomic E-state index is 0.306. The zero-order valence-corrected chi connectivity index (χ0v) is 17.5. The van der Waals surface area contributed by atoms with Gasteiger partial charge in [-0.25, -0.2) is 5.43 Å². The molecule has 154 valence electrons. The van der Waals surface area contributed by atoms with E-state index in [1.165, 1.54) is 0 Å². The Balaban J connectivity index is 1.60. The predicted molar refractivity (Wildman–Crippen MR) is 127 cm³/mol. The maximum atomic E-state index is 5.96. The van der Waals surface area contributed by atoms with Crippen LogP contribution in [0, 0.1) is 0 Å². The lowest BCUT2D eigenvalue weighted by Crippen LogP contribution is -2.08. The molecule has 0 atom stereocenters. The highest BCUT2D eigenvalue weighted by atomic mass is 35.5. The number of aromatic nitrogens is 3. The van der Waals surface area contributed by atoms with Crippen molar-refractivity contribution in [1.82, 2.24) is 15.0 Å². The van der Waals surface area contributed by atoms with Gasteiger partial charge in [0, 0.05) is 16.4 Å². The smallest absolute Gasteiger partial charge is 0.250 e. The molecule has 0 spiro atoms. The fraction of sp³-hybridized carbons (Fsp3) is 0.0435. The molecular weight excluding hydrogens is 410 g/mol. The lowest BCUT2D eigenvalue weighted by atomic mass is 10.1. The van der Waals surface area contributed by atoms with E-state index in [2.05, 4.69) is 36.1 Å². The van der Waals surface area contributed by atoms with Gasteiger partial charge in [0.25, 0.3) is 0 Å². The molecule has 3 N–H and O–H groups in total. The number of anilines is 5. The van der Waals surface area contributed by atoms with Crippen molar-refractivity contribution in [2.24, 2.45) is 5.10 Å². The quantitative estimate of drug-likeness (QED) is 0.252. The number of para-hydroxylation sites is 2. The third-order valence-corrected chi connectivity index (χ3v) is 4.53. The summed E-state index contributed by atoms with van der Waals surface area (Å²) in [6, 6.07) is 26.8. The maximum absolute atomic E-state index is 5.96. The maximum Gasteiger partial charge on any atom is 0.250 e. The van der Waals surface area contributed by atoms with Gasteiger partial charge in [-0.2, -0.15) is 20.1 Å². The number of nitrogens with one attached hydrogen (secondary N) is 3. The lowest BCUT2D eigenvalue weighted by Gasteiger charge is -2.10. The molecule has 1 heterocycles. The van der Waals surface area contributed by atoms with Crippen molar-refractivity contribution >= 4 is 46.5 Å². The highest BCUT2D eigenvalue weighted by Gasteiger charge is 2.08. The fourth-order valence-corrected chi connectivity index (χ4v) is 2.85. The van der Waals surface area contributed by atoms with Crippen LogP contribution in [0.3, 0.4) is 0 Å². The van der Waals surface area contributed by atoms with E-state index in [4.69, 9.17) is 11.6 Å². The topological polar surface area (TPSA) is 87.1 Å². The van der Waals surface area contributed by atoms with Crippen molar-refractivity contribution in [2.45, 2.75) is 6.92 Å². The number of rotatable bonds is 7. The highest BCUT2D eigenvalue weighted by molar-refractivity contribution is 6.30. The van der Waals surface area contributed by atoms with Crippen LogP contribution < -0.4 is 16.1 Å². The summed E-state index contributed by atoms with van der Waals surface area (Å²) in [4.78, 5) is 13.3. The van der Waals surface area contributed by atoms with E-state index in [-0.39, 0.29) is 0 Å². The van der Waals surface area contributed by atoms with Crippen molar-refractivity contribution in [3.8, 4) is 0 Å². The molecule has 0 radical (unpaired) electrons. The normalized spacial score (nSPS) is 11.1. The highest BCUT2D eigenvalue weighted by Crippen LogP contribution is 2.18. The van der Waals surface area contributed by atoms with Crippen LogP contribution in [-0.2, 0) is 0 Å². The fourth-order valence-electron chi connectivity index (χ4n) is 2.73. The lowest BCUT2D eigenvalue weighted by molar-refractivity contribution is 1.04. The SMILES string of the molecule is CC(=NNc1nc(Nc2ccccc2)nc(Nc2ccccc2)n1)c1ccc(Cl)cc1. The predicted octanol–water partition coefficient (Wildman–Crippen LogP) is 5.85. The number of hydrogen-bond donors (Lipinski definition) is 3. The molecule has 0 fully saturated rings. The zero-order valence-electron chi connectivity index (χ0n) is 16.7. The summed E-state index contributed by atoms with van der Waals surface area (Å²) in [5.41, 5.74) is 6.37. The molecule has 0 amide bonds. The van der Waals surface area contributed by atoms with Gasteiger partial charge in [-0.3, -0.25) is 0 Å². The molecule has 8 heteroatoms. The first-order valence-electron chi connectivity index (χ1n) is 9.62. The van der Waals surface area contributed by atoms with Gasteiger partial charge in [-0.05, 0) is 48.9 Å². The average Bonchev–Trinajstić information content (AvgIpc) is 2.79. The summed E-state index contributed by atoms with van der Waals surface area (Å²) in [5.74, 6) is 1.09. The molecule has 0 saturated carbocycles. The Hall–Kier alpha value is -3.97. The third-order valence-electron chi connectivity index (χ3n) is 4.28. The summed E-state index contributed by atoms with van der Waals surface area (Å²) >= 11 is 5.96. The van der Waals surface area contributed by atoms with Crippen molar-refractivity contribution < 1.29 is 0 Å². The van der Waals surface area contributed by atoms with E-state index in [1.807, 2.05) is 91.9 Å². The van der Waals surface area contributed by atoms with Crippen LogP contribution in [0.1, 0.15) is 12.5 Å². The Morgan fingerprint density at radius 2 is 1.16 bits per heavy atom. The molecule has 7 nitrogen and oxygen atoms in total. The van der Waals surface area contributed by atoms with Crippen LogP contribution in [0.15, 0.2) is 90.0 Å². The summed E-state index contributed by atoms with van der Waals surface area (Å²) in [7, 11) is 0. The van der Waals surface area contributed by atoms with E-state index >= 15 is 0 Å². The first-order valence-corrected chi connectivity index (χ1v) is 10.00. The van der Waals surface area contributed by atoms with E-state index in [0.717, 1.165) is 22.6 Å². The van der Waals surface area contributed by atoms with Gasteiger partial charge in [0.1, 0.15) is 0 Å². The molecule has 31 heavy (non-hydrogen) atoms. The Kier molecular flexibility index (Phi) is 6.35. The van der Waals surface area contributed by atoms with Gasteiger partial charge in [-0.1, -0.05) is 60.1 Å². The van der Waals surface area contributed by atoms with Gasteiger partial charge in [0.15, 0.2) is 0 Å². The number of nitrogens with zero attached hydrogens (tertiary/aromatic N) is 4. The Morgan fingerprint density at radius 1 is 0.677 bits per heavy atom. The van der Waals surface area contributed by atoms with Crippen LogP contribution in [0.25, 0.3) is 0 Å². The van der Waals surface area contributed by atoms with Crippen molar-refractivity contribution in [2.75, 3.05) is 16.1 Å². The molecule has 3 aromatic carbocycles. The van der Waals surface area contributed by atoms with Crippen molar-refractivity contribution in [3.63, 3.8) is 0 Å². The van der Waals surface area contributed by atoms with Crippen LogP contribution in [0.4, 0.5) is 29.2 Å². The minimum Gasteiger partial charge on any atom is -0.324 e. The second-order valence-corrected chi connectivity index (χ2v) is 7.04. The number of hydrazone groups is 1. The second-order valence-electron chi connectivity index (χ2n) is 6.60. The van der Waals surface area contributed by atoms with E-state index < -0.39 is 0 Å². The Morgan fingerprint density at radius 3 is 1.68 bits per heavy atom. The number of hydrogen-bond acceptors (Lipinski definition) is 7. The molecule has 0 aliphatic carbocycles. The molecule has 1 aromatic heterocycles. The molecule has 0 saturated heterocycles. The van der Waals surface area contributed by atoms with E-state index in [0.29, 0.717) is 22.9 Å².